The Morgan fingerprint density at radius 3 is 2.53 bits per heavy atom. The number of hydrogen-bond acceptors (Lipinski definition) is 4. The van der Waals surface area contributed by atoms with Crippen LogP contribution in [0.5, 0.6) is 0 Å². The van der Waals surface area contributed by atoms with E-state index in [1.807, 2.05) is 25.1 Å². The molecular formula is C12H18N2O2S. The molecule has 0 aromatic heterocycles. The highest BCUT2D eigenvalue weighted by molar-refractivity contribution is 8.00. The molecule has 1 rings (SSSR count). The van der Waals surface area contributed by atoms with Gasteiger partial charge < -0.3 is 16.6 Å². The fourth-order valence-corrected chi connectivity index (χ4v) is 2.32. The smallest absolute Gasteiger partial charge is 0.242 e. The van der Waals surface area contributed by atoms with Gasteiger partial charge in [0.1, 0.15) is 5.54 Å². The van der Waals surface area contributed by atoms with Crippen molar-refractivity contribution < 1.29 is 9.90 Å². The predicted octanol–water partition coefficient (Wildman–Crippen LogP) is 0.440. The lowest BCUT2D eigenvalue weighted by Gasteiger charge is -2.27. The number of aliphatic hydroxyl groups is 1. The normalized spacial score (nSPS) is 16.2. The van der Waals surface area contributed by atoms with Crippen LogP contribution in [-0.2, 0) is 10.3 Å². The molecule has 0 aliphatic rings. The molecule has 1 amide bonds. The van der Waals surface area contributed by atoms with Crippen LogP contribution in [0.4, 0.5) is 0 Å². The van der Waals surface area contributed by atoms with Gasteiger partial charge in [0.15, 0.2) is 0 Å². The van der Waals surface area contributed by atoms with E-state index in [1.54, 1.807) is 12.1 Å². The van der Waals surface area contributed by atoms with E-state index in [9.17, 15) is 4.79 Å². The van der Waals surface area contributed by atoms with Crippen molar-refractivity contribution in [3.63, 3.8) is 0 Å². The van der Waals surface area contributed by atoms with Crippen molar-refractivity contribution in [2.75, 3.05) is 12.4 Å². The molecule has 0 fully saturated rings. The lowest BCUT2D eigenvalue weighted by Crippen LogP contribution is -2.51. The molecule has 2 unspecified atom stereocenters. The van der Waals surface area contributed by atoms with Gasteiger partial charge in [0, 0.05) is 11.0 Å². The fraction of sp³-hybridized carbons (Fsp3) is 0.417. The second-order valence-electron chi connectivity index (χ2n) is 4.01. The summed E-state index contributed by atoms with van der Waals surface area (Å²) in [7, 11) is 0. The van der Waals surface area contributed by atoms with Crippen LogP contribution in [0.3, 0.4) is 0 Å². The first kappa shape index (κ1) is 14.0. The standard InChI is InChI=1S/C12H18N2O2S/c1-9(7-15)17-8-12(14,11(13)16)10-5-3-2-4-6-10/h2-6,9,15H,7-8,14H2,1H3,(H2,13,16). The maximum Gasteiger partial charge on any atom is 0.242 e. The SMILES string of the molecule is CC(CO)SCC(N)(C(N)=O)c1ccccc1. The minimum absolute atomic E-state index is 0.0287. The molecule has 5 heteroatoms. The Kier molecular flexibility index (Phi) is 4.99. The highest BCUT2D eigenvalue weighted by Gasteiger charge is 2.34. The van der Waals surface area contributed by atoms with Crippen LogP contribution in [0.15, 0.2) is 30.3 Å². The fourth-order valence-electron chi connectivity index (χ4n) is 1.36. The quantitative estimate of drug-likeness (QED) is 0.687. The molecule has 0 aliphatic heterocycles. The molecule has 2 atom stereocenters. The molecule has 94 valence electrons. The summed E-state index contributed by atoms with van der Waals surface area (Å²) in [5, 5.41) is 8.99. The van der Waals surface area contributed by atoms with Gasteiger partial charge >= 0.3 is 0 Å². The zero-order valence-electron chi connectivity index (χ0n) is 9.80. The summed E-state index contributed by atoms with van der Waals surface area (Å²) in [6.07, 6.45) is 0. The number of aliphatic hydroxyl groups excluding tert-OH is 1. The molecule has 0 bridgehead atoms. The van der Waals surface area contributed by atoms with Crippen LogP contribution >= 0.6 is 11.8 Å². The van der Waals surface area contributed by atoms with E-state index in [0.29, 0.717) is 11.3 Å². The van der Waals surface area contributed by atoms with Gasteiger partial charge in [-0.1, -0.05) is 37.3 Å². The monoisotopic (exact) mass is 254 g/mol. The van der Waals surface area contributed by atoms with E-state index in [2.05, 4.69) is 0 Å². The molecule has 1 aromatic rings. The number of carbonyl (C=O) groups excluding carboxylic acids is 1. The average molecular weight is 254 g/mol. The molecule has 1 aromatic carbocycles. The molecule has 4 nitrogen and oxygen atoms in total. The van der Waals surface area contributed by atoms with Gasteiger partial charge in [-0.05, 0) is 5.56 Å². The van der Waals surface area contributed by atoms with E-state index < -0.39 is 11.4 Å². The zero-order chi connectivity index (χ0) is 12.9. The third kappa shape index (κ3) is 3.46. The van der Waals surface area contributed by atoms with Crippen molar-refractivity contribution in [3.8, 4) is 0 Å². The highest BCUT2D eigenvalue weighted by Crippen LogP contribution is 2.25. The summed E-state index contributed by atoms with van der Waals surface area (Å²) in [6, 6.07) is 9.07. The first-order chi connectivity index (χ1) is 8.00. The van der Waals surface area contributed by atoms with Crippen molar-refractivity contribution in [3.05, 3.63) is 35.9 Å². The maximum absolute atomic E-state index is 11.5. The second kappa shape index (κ2) is 6.05. The lowest BCUT2D eigenvalue weighted by molar-refractivity contribution is -0.122. The Morgan fingerprint density at radius 2 is 2.06 bits per heavy atom. The number of hydrogen-bond donors (Lipinski definition) is 3. The second-order valence-corrected chi connectivity index (χ2v) is 5.43. The number of benzene rings is 1. The van der Waals surface area contributed by atoms with Crippen LogP contribution in [0.25, 0.3) is 0 Å². The molecule has 0 saturated heterocycles. The third-order valence-electron chi connectivity index (χ3n) is 2.58. The van der Waals surface area contributed by atoms with Gasteiger partial charge in [-0.25, -0.2) is 0 Å². The molecule has 0 heterocycles. The van der Waals surface area contributed by atoms with E-state index in [0.717, 1.165) is 0 Å². The third-order valence-corrected chi connectivity index (χ3v) is 3.92. The Balaban J connectivity index is 2.87. The molecule has 0 saturated carbocycles. The molecule has 17 heavy (non-hydrogen) atoms. The Morgan fingerprint density at radius 1 is 1.47 bits per heavy atom. The summed E-state index contributed by atoms with van der Waals surface area (Å²) in [6.45, 7) is 1.92. The van der Waals surface area contributed by atoms with Crippen LogP contribution in [-0.4, -0.2) is 28.6 Å². The number of carbonyl (C=O) groups is 1. The minimum atomic E-state index is -1.19. The molecule has 0 radical (unpaired) electrons. The number of primary amides is 1. The highest BCUT2D eigenvalue weighted by atomic mass is 32.2. The number of amides is 1. The van der Waals surface area contributed by atoms with E-state index in [4.69, 9.17) is 16.6 Å². The summed E-state index contributed by atoms with van der Waals surface area (Å²) >= 11 is 1.43. The van der Waals surface area contributed by atoms with Crippen LogP contribution in [0, 0.1) is 0 Å². The summed E-state index contributed by atoms with van der Waals surface area (Å²) in [5.74, 6) is -0.199. The average Bonchev–Trinajstić information content (AvgIpc) is 2.36. The Hall–Kier alpha value is -1.04. The predicted molar refractivity (Wildman–Crippen MR) is 70.5 cm³/mol. The van der Waals surface area contributed by atoms with Gasteiger partial charge in [0.05, 0.1) is 6.61 Å². The summed E-state index contributed by atoms with van der Waals surface area (Å²) in [5.41, 5.74) is 11.0. The largest absolute Gasteiger partial charge is 0.395 e. The first-order valence-corrected chi connectivity index (χ1v) is 6.42. The number of rotatable bonds is 6. The van der Waals surface area contributed by atoms with E-state index in [-0.39, 0.29) is 11.9 Å². The maximum atomic E-state index is 11.5. The molecule has 0 aliphatic carbocycles. The van der Waals surface area contributed by atoms with Crippen molar-refractivity contribution in [1.29, 1.82) is 0 Å². The van der Waals surface area contributed by atoms with Crippen molar-refractivity contribution in [2.45, 2.75) is 17.7 Å². The topological polar surface area (TPSA) is 89.3 Å². The van der Waals surface area contributed by atoms with Gasteiger partial charge in [-0.3, -0.25) is 4.79 Å². The van der Waals surface area contributed by atoms with E-state index >= 15 is 0 Å². The Bertz CT molecular complexity index is 372. The van der Waals surface area contributed by atoms with Gasteiger partial charge in [0.25, 0.3) is 0 Å². The lowest BCUT2D eigenvalue weighted by atomic mass is 9.92. The zero-order valence-corrected chi connectivity index (χ0v) is 10.6. The van der Waals surface area contributed by atoms with E-state index in [1.165, 1.54) is 11.8 Å². The van der Waals surface area contributed by atoms with Crippen molar-refractivity contribution in [2.24, 2.45) is 11.5 Å². The van der Waals surface area contributed by atoms with Crippen LogP contribution in [0.1, 0.15) is 12.5 Å². The first-order valence-electron chi connectivity index (χ1n) is 5.37. The number of nitrogens with two attached hydrogens (primary N) is 2. The van der Waals surface area contributed by atoms with Crippen molar-refractivity contribution >= 4 is 17.7 Å². The van der Waals surface area contributed by atoms with Gasteiger partial charge in [-0.2, -0.15) is 11.8 Å². The minimum Gasteiger partial charge on any atom is -0.395 e. The van der Waals surface area contributed by atoms with Crippen LogP contribution < -0.4 is 11.5 Å². The van der Waals surface area contributed by atoms with Gasteiger partial charge in [0.2, 0.25) is 5.91 Å². The Labute approximate surface area is 105 Å². The summed E-state index contributed by atoms with van der Waals surface area (Å²) < 4.78 is 0. The summed E-state index contributed by atoms with van der Waals surface area (Å²) in [4.78, 5) is 11.5. The molecule has 5 N–H and O–H groups in total. The molecular weight excluding hydrogens is 236 g/mol. The van der Waals surface area contributed by atoms with Crippen LogP contribution in [0.2, 0.25) is 0 Å². The number of thioether (sulfide) groups is 1. The molecule has 0 spiro atoms. The van der Waals surface area contributed by atoms with Gasteiger partial charge in [-0.15, -0.1) is 0 Å². The van der Waals surface area contributed by atoms with Crippen molar-refractivity contribution in [1.82, 2.24) is 0 Å².